The summed E-state index contributed by atoms with van der Waals surface area (Å²) >= 11 is 1.68. The molecule has 132 valence electrons. The monoisotopic (exact) mass is 349 g/mol. The maximum absolute atomic E-state index is 5.32. The molecule has 0 saturated heterocycles. The van der Waals surface area contributed by atoms with E-state index in [1.54, 1.807) is 11.3 Å². The molecule has 0 saturated carbocycles. The highest BCUT2D eigenvalue weighted by Gasteiger charge is 2.02. The van der Waals surface area contributed by atoms with Gasteiger partial charge in [0.1, 0.15) is 0 Å². The number of rotatable bonds is 10. The average Bonchev–Trinajstić information content (AvgIpc) is 3.01. The second-order valence-corrected chi connectivity index (χ2v) is 6.18. The molecule has 7 heteroatoms. The van der Waals surface area contributed by atoms with Gasteiger partial charge in [0.2, 0.25) is 0 Å². The number of hydrogen-bond donors (Lipinski definition) is 3. The van der Waals surface area contributed by atoms with Crippen LogP contribution in [0.25, 0.3) is 10.2 Å². The molecule has 0 aliphatic heterocycles. The first-order chi connectivity index (χ1) is 11.8. The number of aromatic nitrogens is 1. The first kappa shape index (κ1) is 18.5. The van der Waals surface area contributed by atoms with Crippen molar-refractivity contribution in [3.63, 3.8) is 0 Å². The molecule has 0 bridgehead atoms. The lowest BCUT2D eigenvalue weighted by atomic mass is 10.3. The minimum absolute atomic E-state index is 0.762. The maximum Gasteiger partial charge on any atom is 0.191 e. The van der Waals surface area contributed by atoms with Crippen molar-refractivity contribution in [2.75, 3.05) is 44.7 Å². The summed E-state index contributed by atoms with van der Waals surface area (Å²) in [5.41, 5.74) is 1.04. The number of fused-ring (bicyclic) bond motifs is 1. The van der Waals surface area contributed by atoms with Crippen LogP contribution in [0.2, 0.25) is 0 Å². The van der Waals surface area contributed by atoms with E-state index >= 15 is 0 Å². The highest BCUT2D eigenvalue weighted by Crippen LogP contribution is 2.24. The van der Waals surface area contributed by atoms with Crippen LogP contribution in [0.5, 0.6) is 0 Å². The van der Waals surface area contributed by atoms with Crippen molar-refractivity contribution in [1.29, 1.82) is 0 Å². The van der Waals surface area contributed by atoms with Gasteiger partial charge in [0.15, 0.2) is 11.1 Å². The number of anilines is 1. The van der Waals surface area contributed by atoms with Crippen LogP contribution in [0.3, 0.4) is 0 Å². The van der Waals surface area contributed by atoms with Crippen molar-refractivity contribution in [3.8, 4) is 0 Å². The van der Waals surface area contributed by atoms with E-state index < -0.39 is 0 Å². The third-order valence-electron chi connectivity index (χ3n) is 3.25. The van der Waals surface area contributed by atoms with Crippen molar-refractivity contribution in [2.45, 2.75) is 20.3 Å². The normalized spacial score (nSPS) is 11.7. The van der Waals surface area contributed by atoms with E-state index in [9.17, 15) is 0 Å². The van der Waals surface area contributed by atoms with Gasteiger partial charge >= 0.3 is 0 Å². The topological polar surface area (TPSA) is 70.6 Å². The molecule has 0 aliphatic carbocycles. The smallest absolute Gasteiger partial charge is 0.191 e. The Labute approximate surface area is 147 Å². The van der Waals surface area contributed by atoms with E-state index in [0.717, 1.165) is 62.4 Å². The Morgan fingerprint density at radius 2 is 2.08 bits per heavy atom. The molecule has 0 unspecified atom stereocenters. The molecule has 1 aromatic heterocycles. The molecule has 1 aromatic carbocycles. The van der Waals surface area contributed by atoms with E-state index in [0.29, 0.717) is 0 Å². The Bertz CT molecular complexity index is 595. The Kier molecular flexibility index (Phi) is 8.34. The van der Waals surface area contributed by atoms with Gasteiger partial charge in [-0.1, -0.05) is 23.5 Å². The number of hydrogen-bond acceptors (Lipinski definition) is 5. The number of ether oxygens (including phenoxy) is 1. The molecular weight excluding hydrogens is 322 g/mol. The number of aliphatic imine (C=N–C) groups is 1. The quantitative estimate of drug-likeness (QED) is 0.349. The van der Waals surface area contributed by atoms with Gasteiger partial charge in [-0.3, -0.25) is 4.99 Å². The van der Waals surface area contributed by atoms with Crippen LogP contribution >= 0.6 is 11.3 Å². The highest BCUT2D eigenvalue weighted by atomic mass is 32.1. The van der Waals surface area contributed by atoms with E-state index in [1.807, 2.05) is 25.1 Å². The number of para-hydroxylation sites is 1. The largest absolute Gasteiger partial charge is 0.382 e. The lowest BCUT2D eigenvalue weighted by molar-refractivity contribution is 0.146. The summed E-state index contributed by atoms with van der Waals surface area (Å²) < 4.78 is 6.53. The third-order valence-corrected chi connectivity index (χ3v) is 4.25. The molecule has 3 N–H and O–H groups in total. The maximum atomic E-state index is 5.32. The lowest BCUT2D eigenvalue weighted by Gasteiger charge is -2.11. The standard InChI is InChI=1S/C17H27N5OS/c1-3-18-16(19-10-7-13-23-4-2)20-11-12-21-17-22-14-8-5-6-9-15(14)24-17/h5-6,8-9H,3-4,7,10-13H2,1-2H3,(H,21,22)(H2,18,19,20). The number of thiazole rings is 1. The summed E-state index contributed by atoms with van der Waals surface area (Å²) in [5, 5.41) is 10.9. The summed E-state index contributed by atoms with van der Waals surface area (Å²) in [6.07, 6.45) is 0.939. The molecule has 2 rings (SSSR count). The predicted molar refractivity (Wildman–Crippen MR) is 103 cm³/mol. The fourth-order valence-corrected chi connectivity index (χ4v) is 3.03. The molecule has 0 radical (unpaired) electrons. The van der Waals surface area contributed by atoms with Crippen molar-refractivity contribution >= 4 is 32.6 Å². The zero-order valence-electron chi connectivity index (χ0n) is 14.5. The number of benzene rings is 1. The van der Waals surface area contributed by atoms with Gasteiger partial charge in [-0.2, -0.15) is 0 Å². The van der Waals surface area contributed by atoms with Crippen molar-refractivity contribution in [1.82, 2.24) is 15.6 Å². The van der Waals surface area contributed by atoms with Gasteiger partial charge < -0.3 is 20.7 Å². The molecule has 0 spiro atoms. The average molecular weight is 350 g/mol. The molecule has 0 aliphatic rings. The second-order valence-electron chi connectivity index (χ2n) is 5.15. The minimum atomic E-state index is 0.762. The minimum Gasteiger partial charge on any atom is -0.382 e. The lowest BCUT2D eigenvalue weighted by Crippen LogP contribution is -2.39. The first-order valence-corrected chi connectivity index (χ1v) is 9.34. The van der Waals surface area contributed by atoms with E-state index in [-0.39, 0.29) is 0 Å². The fourth-order valence-electron chi connectivity index (χ4n) is 2.14. The van der Waals surface area contributed by atoms with Crippen LogP contribution in [0.4, 0.5) is 5.13 Å². The Hall–Kier alpha value is -1.86. The molecule has 6 nitrogen and oxygen atoms in total. The zero-order valence-corrected chi connectivity index (χ0v) is 15.3. The summed E-state index contributed by atoms with van der Waals surface area (Å²) in [7, 11) is 0. The summed E-state index contributed by atoms with van der Waals surface area (Å²) in [6, 6.07) is 8.18. The van der Waals surface area contributed by atoms with Gasteiger partial charge in [0.05, 0.1) is 10.2 Å². The summed E-state index contributed by atoms with van der Waals surface area (Å²) in [5.74, 6) is 0.847. The third kappa shape index (κ3) is 6.33. The number of nitrogens with zero attached hydrogens (tertiary/aromatic N) is 2. The molecule has 0 atom stereocenters. The number of nitrogens with one attached hydrogen (secondary N) is 3. The predicted octanol–water partition coefficient (Wildman–Crippen LogP) is 2.69. The zero-order chi connectivity index (χ0) is 17.0. The Morgan fingerprint density at radius 1 is 1.21 bits per heavy atom. The summed E-state index contributed by atoms with van der Waals surface area (Å²) in [4.78, 5) is 9.10. The second kappa shape index (κ2) is 10.8. The molecule has 1 heterocycles. The fraction of sp³-hybridized carbons (Fsp3) is 0.529. The van der Waals surface area contributed by atoms with Crippen LogP contribution < -0.4 is 16.0 Å². The number of guanidine groups is 1. The first-order valence-electron chi connectivity index (χ1n) is 8.52. The van der Waals surface area contributed by atoms with Crippen molar-refractivity contribution < 1.29 is 4.74 Å². The summed E-state index contributed by atoms with van der Waals surface area (Å²) in [6.45, 7) is 8.79. The van der Waals surface area contributed by atoms with Gasteiger partial charge in [0.25, 0.3) is 0 Å². The Morgan fingerprint density at radius 3 is 2.88 bits per heavy atom. The van der Waals surface area contributed by atoms with Gasteiger partial charge in [0, 0.05) is 39.4 Å². The van der Waals surface area contributed by atoms with E-state index in [1.165, 1.54) is 4.70 Å². The van der Waals surface area contributed by atoms with Gasteiger partial charge in [-0.05, 0) is 32.4 Å². The molecule has 2 aromatic rings. The Balaban J connectivity index is 1.70. The highest BCUT2D eigenvalue weighted by molar-refractivity contribution is 7.22. The van der Waals surface area contributed by atoms with Crippen LogP contribution in [-0.2, 0) is 4.74 Å². The SMILES string of the molecule is CCNC(=NCCCOCC)NCCNc1nc2ccccc2s1. The van der Waals surface area contributed by atoms with Crippen molar-refractivity contribution in [3.05, 3.63) is 24.3 Å². The van der Waals surface area contributed by atoms with Crippen LogP contribution in [0.15, 0.2) is 29.3 Å². The van der Waals surface area contributed by atoms with Crippen LogP contribution in [0.1, 0.15) is 20.3 Å². The molecular formula is C17H27N5OS. The molecule has 0 amide bonds. The van der Waals surface area contributed by atoms with E-state index in [2.05, 4.69) is 38.9 Å². The molecule has 24 heavy (non-hydrogen) atoms. The van der Waals surface area contributed by atoms with Gasteiger partial charge in [-0.15, -0.1) is 0 Å². The van der Waals surface area contributed by atoms with Gasteiger partial charge in [-0.25, -0.2) is 4.98 Å². The van der Waals surface area contributed by atoms with E-state index in [4.69, 9.17) is 4.74 Å². The van der Waals surface area contributed by atoms with Crippen LogP contribution in [0, 0.1) is 0 Å². The van der Waals surface area contributed by atoms with Crippen molar-refractivity contribution in [2.24, 2.45) is 4.99 Å². The van der Waals surface area contributed by atoms with Crippen LogP contribution in [-0.4, -0.2) is 50.3 Å². The molecule has 0 fully saturated rings.